The van der Waals surface area contributed by atoms with Crippen LogP contribution in [0.2, 0.25) is 0 Å². The number of ether oxygens (including phenoxy) is 1. The highest BCUT2D eigenvalue weighted by Gasteiger charge is 2.20. The summed E-state index contributed by atoms with van der Waals surface area (Å²) in [5, 5.41) is 15.7. The Hall–Kier alpha value is -3.56. The Kier molecular flexibility index (Phi) is 6.59. The SMILES string of the molecule is Cc1nnnn1/C(=C\c1ccccc1)C(=O)OCC(=O)NC(=O)NC(C)(C)C. The van der Waals surface area contributed by atoms with Gasteiger partial charge in [0.2, 0.25) is 0 Å². The molecule has 0 radical (unpaired) electrons. The Labute approximate surface area is 161 Å². The van der Waals surface area contributed by atoms with Gasteiger partial charge in [0.05, 0.1) is 0 Å². The quantitative estimate of drug-likeness (QED) is 0.582. The molecule has 1 heterocycles. The first-order valence-corrected chi connectivity index (χ1v) is 8.47. The molecule has 0 fully saturated rings. The fourth-order valence-electron chi connectivity index (χ4n) is 2.11. The fraction of sp³-hybridized carbons (Fsp3) is 0.333. The lowest BCUT2D eigenvalue weighted by atomic mass is 10.1. The van der Waals surface area contributed by atoms with Gasteiger partial charge in [-0.2, -0.15) is 4.68 Å². The zero-order valence-electron chi connectivity index (χ0n) is 16.1. The van der Waals surface area contributed by atoms with Crippen molar-refractivity contribution in [3.63, 3.8) is 0 Å². The van der Waals surface area contributed by atoms with Crippen LogP contribution in [0.5, 0.6) is 0 Å². The fourth-order valence-corrected chi connectivity index (χ4v) is 2.11. The van der Waals surface area contributed by atoms with Crippen LogP contribution in [-0.4, -0.2) is 50.3 Å². The van der Waals surface area contributed by atoms with Gasteiger partial charge in [0.25, 0.3) is 5.91 Å². The lowest BCUT2D eigenvalue weighted by Crippen LogP contribution is -2.49. The molecule has 0 atom stereocenters. The molecule has 0 aliphatic carbocycles. The number of carbonyl (C=O) groups excluding carboxylic acids is 3. The third-order valence-electron chi connectivity index (χ3n) is 3.24. The molecule has 3 amide bonds. The molecular formula is C18H22N6O4. The smallest absolute Gasteiger partial charge is 0.357 e. The number of carbonyl (C=O) groups is 3. The van der Waals surface area contributed by atoms with Gasteiger partial charge in [-0.3, -0.25) is 10.1 Å². The summed E-state index contributed by atoms with van der Waals surface area (Å²) in [7, 11) is 0. The number of imide groups is 1. The van der Waals surface area contributed by atoms with E-state index in [0.717, 1.165) is 5.56 Å². The van der Waals surface area contributed by atoms with Gasteiger partial charge >= 0.3 is 12.0 Å². The van der Waals surface area contributed by atoms with Crippen LogP contribution < -0.4 is 10.6 Å². The number of amides is 3. The van der Waals surface area contributed by atoms with Crippen LogP contribution in [-0.2, 0) is 14.3 Å². The molecule has 2 rings (SSSR count). The van der Waals surface area contributed by atoms with Crippen LogP contribution in [0, 0.1) is 6.92 Å². The average molecular weight is 386 g/mol. The van der Waals surface area contributed by atoms with E-state index in [1.165, 1.54) is 10.8 Å². The van der Waals surface area contributed by atoms with E-state index in [4.69, 9.17) is 4.74 Å². The van der Waals surface area contributed by atoms with Crippen molar-refractivity contribution >= 4 is 29.7 Å². The summed E-state index contributed by atoms with van der Waals surface area (Å²) in [4.78, 5) is 36.1. The summed E-state index contributed by atoms with van der Waals surface area (Å²) < 4.78 is 6.24. The molecule has 0 bridgehead atoms. The summed E-state index contributed by atoms with van der Waals surface area (Å²) in [6.45, 7) is 6.30. The minimum absolute atomic E-state index is 0.0284. The molecular weight excluding hydrogens is 364 g/mol. The topological polar surface area (TPSA) is 128 Å². The molecule has 0 aliphatic rings. The third-order valence-corrected chi connectivity index (χ3v) is 3.24. The zero-order chi connectivity index (χ0) is 20.7. The summed E-state index contributed by atoms with van der Waals surface area (Å²) >= 11 is 0. The number of nitrogens with zero attached hydrogens (tertiary/aromatic N) is 4. The number of aromatic nitrogens is 4. The van der Waals surface area contributed by atoms with Crippen LogP contribution in [0.4, 0.5) is 4.79 Å². The first kappa shape index (κ1) is 20.7. The summed E-state index contributed by atoms with van der Waals surface area (Å²) in [6, 6.07) is 8.35. The van der Waals surface area contributed by atoms with Gasteiger partial charge in [-0.1, -0.05) is 30.3 Å². The highest BCUT2D eigenvalue weighted by molar-refractivity contribution is 6.15. The number of aryl methyl sites for hydroxylation is 1. The van der Waals surface area contributed by atoms with Gasteiger partial charge in [0.1, 0.15) is 0 Å². The van der Waals surface area contributed by atoms with E-state index in [1.54, 1.807) is 39.8 Å². The monoisotopic (exact) mass is 386 g/mol. The van der Waals surface area contributed by atoms with Gasteiger partial charge in [-0.25, -0.2) is 9.59 Å². The highest BCUT2D eigenvalue weighted by atomic mass is 16.5. The van der Waals surface area contributed by atoms with Crippen molar-refractivity contribution in [1.82, 2.24) is 30.8 Å². The largest absolute Gasteiger partial charge is 0.451 e. The standard InChI is InChI=1S/C18H22N6O4/c1-12-21-22-23-24(12)14(10-13-8-6-5-7-9-13)16(26)28-11-15(25)19-17(27)20-18(2,3)4/h5-10H,11H2,1-4H3,(H2,19,20,25,27)/b14-10-. The minimum Gasteiger partial charge on any atom is -0.451 e. The molecule has 0 saturated carbocycles. The van der Waals surface area contributed by atoms with Crippen LogP contribution in [0.25, 0.3) is 11.8 Å². The Morgan fingerprint density at radius 3 is 2.43 bits per heavy atom. The van der Waals surface area contributed by atoms with Crippen molar-refractivity contribution in [3.8, 4) is 0 Å². The van der Waals surface area contributed by atoms with Crippen molar-refractivity contribution in [2.75, 3.05) is 6.61 Å². The van der Waals surface area contributed by atoms with Crippen molar-refractivity contribution in [2.24, 2.45) is 0 Å². The van der Waals surface area contributed by atoms with Crippen molar-refractivity contribution < 1.29 is 19.1 Å². The first-order chi connectivity index (χ1) is 13.2. The second-order valence-corrected chi connectivity index (χ2v) is 6.91. The molecule has 10 heteroatoms. The number of esters is 1. The number of nitrogens with one attached hydrogen (secondary N) is 2. The molecule has 28 heavy (non-hydrogen) atoms. The second kappa shape index (κ2) is 8.89. The summed E-state index contributed by atoms with van der Waals surface area (Å²) in [6.07, 6.45) is 1.54. The Morgan fingerprint density at radius 1 is 1.18 bits per heavy atom. The van der Waals surface area contributed by atoms with Crippen LogP contribution in [0.3, 0.4) is 0 Å². The van der Waals surface area contributed by atoms with E-state index in [1.807, 2.05) is 18.2 Å². The maximum atomic E-state index is 12.5. The van der Waals surface area contributed by atoms with E-state index in [9.17, 15) is 14.4 Å². The molecule has 10 nitrogen and oxygen atoms in total. The first-order valence-electron chi connectivity index (χ1n) is 8.47. The molecule has 148 valence electrons. The molecule has 0 saturated heterocycles. The van der Waals surface area contributed by atoms with Gasteiger partial charge < -0.3 is 10.1 Å². The predicted octanol–water partition coefficient (Wildman–Crippen LogP) is 1.15. The number of tetrazole rings is 1. The number of benzene rings is 1. The lowest BCUT2D eigenvalue weighted by Gasteiger charge is -2.20. The Morgan fingerprint density at radius 2 is 1.86 bits per heavy atom. The van der Waals surface area contributed by atoms with E-state index in [-0.39, 0.29) is 5.70 Å². The molecule has 2 N–H and O–H groups in total. The molecule has 0 spiro atoms. The Bertz CT molecular complexity index is 883. The molecule has 1 aromatic heterocycles. The third kappa shape index (κ3) is 6.31. The molecule has 0 unspecified atom stereocenters. The minimum atomic E-state index is -0.814. The highest BCUT2D eigenvalue weighted by Crippen LogP contribution is 2.13. The van der Waals surface area contributed by atoms with Gasteiger partial charge in [-0.15, -0.1) is 5.10 Å². The van der Waals surface area contributed by atoms with E-state index < -0.39 is 30.1 Å². The molecule has 0 aliphatic heterocycles. The summed E-state index contributed by atoms with van der Waals surface area (Å²) in [5.74, 6) is -1.21. The zero-order valence-corrected chi connectivity index (χ0v) is 16.1. The van der Waals surface area contributed by atoms with Crippen molar-refractivity contribution in [3.05, 3.63) is 41.7 Å². The lowest BCUT2D eigenvalue weighted by molar-refractivity contribution is -0.142. The normalized spacial score (nSPS) is 11.6. The Balaban J connectivity index is 2.08. The average Bonchev–Trinajstić information content (AvgIpc) is 3.02. The van der Waals surface area contributed by atoms with Crippen molar-refractivity contribution in [2.45, 2.75) is 33.2 Å². The molecule has 1 aromatic carbocycles. The van der Waals surface area contributed by atoms with Crippen molar-refractivity contribution in [1.29, 1.82) is 0 Å². The molecule has 2 aromatic rings. The van der Waals surface area contributed by atoms with Crippen LogP contribution in [0.1, 0.15) is 32.2 Å². The number of hydrogen-bond donors (Lipinski definition) is 2. The predicted molar refractivity (Wildman–Crippen MR) is 101 cm³/mol. The van der Waals surface area contributed by atoms with Crippen LogP contribution in [0.15, 0.2) is 30.3 Å². The summed E-state index contributed by atoms with van der Waals surface area (Å²) in [5.41, 5.74) is 0.239. The van der Waals surface area contributed by atoms with Gasteiger partial charge in [0, 0.05) is 5.54 Å². The second-order valence-electron chi connectivity index (χ2n) is 6.91. The number of urea groups is 1. The van der Waals surface area contributed by atoms with Gasteiger partial charge in [0.15, 0.2) is 18.1 Å². The number of rotatable bonds is 5. The van der Waals surface area contributed by atoms with E-state index in [2.05, 4.69) is 26.2 Å². The van der Waals surface area contributed by atoms with Gasteiger partial charge in [-0.05, 0) is 49.8 Å². The maximum absolute atomic E-state index is 12.5. The van der Waals surface area contributed by atoms with Crippen LogP contribution >= 0.6 is 0 Å². The van der Waals surface area contributed by atoms with E-state index in [0.29, 0.717) is 5.82 Å². The maximum Gasteiger partial charge on any atom is 0.357 e. The van der Waals surface area contributed by atoms with E-state index >= 15 is 0 Å². The number of hydrogen-bond acceptors (Lipinski definition) is 7.